The van der Waals surface area contributed by atoms with Crippen LogP contribution in [0.4, 0.5) is 0 Å². The summed E-state index contributed by atoms with van der Waals surface area (Å²) in [7, 11) is 3.14. The number of aromatic hydroxyl groups is 2. The standard InChI is InChI=1S/C25H24O6/c1-29-20-10-14(4-8-19(20)28)25-18(12-26)24-17-6-3-13-9-15(27)5-7-16(13)23(17)21(30-2)11-22(24)31-25/h4-5,7-11,18,25-28H,3,6,12H2,1-2H3. The highest BCUT2D eigenvalue weighted by Crippen LogP contribution is 2.54. The zero-order valence-electron chi connectivity index (χ0n) is 17.4. The molecule has 2 aliphatic rings. The first-order valence-corrected chi connectivity index (χ1v) is 10.3. The molecule has 0 fully saturated rings. The molecule has 3 N–H and O–H groups in total. The summed E-state index contributed by atoms with van der Waals surface area (Å²) in [5, 5.41) is 30.2. The number of hydrogen-bond donors (Lipinski definition) is 3. The van der Waals surface area contributed by atoms with E-state index in [9.17, 15) is 15.3 Å². The largest absolute Gasteiger partial charge is 0.508 e. The number of ether oxygens (including phenoxy) is 3. The van der Waals surface area contributed by atoms with Crippen LogP contribution < -0.4 is 14.2 Å². The first kappa shape index (κ1) is 19.6. The van der Waals surface area contributed by atoms with Crippen LogP contribution in [-0.4, -0.2) is 36.1 Å². The van der Waals surface area contributed by atoms with Gasteiger partial charge in [-0.05, 0) is 59.4 Å². The zero-order chi connectivity index (χ0) is 21.7. The van der Waals surface area contributed by atoms with Crippen molar-refractivity contribution >= 4 is 0 Å². The molecule has 160 valence electrons. The number of rotatable bonds is 4. The van der Waals surface area contributed by atoms with Crippen molar-refractivity contribution in [2.24, 2.45) is 0 Å². The van der Waals surface area contributed by atoms with E-state index < -0.39 is 6.10 Å². The number of fused-ring (bicyclic) bond motifs is 5. The lowest BCUT2D eigenvalue weighted by Gasteiger charge is -2.26. The Kier molecular flexibility index (Phi) is 4.67. The number of methoxy groups -OCH3 is 2. The Balaban J connectivity index is 1.67. The molecule has 3 aromatic rings. The van der Waals surface area contributed by atoms with Gasteiger partial charge in [-0.3, -0.25) is 0 Å². The third-order valence-electron chi connectivity index (χ3n) is 6.34. The second-order valence-electron chi connectivity index (χ2n) is 7.94. The first-order valence-electron chi connectivity index (χ1n) is 10.3. The molecule has 5 rings (SSSR count). The number of aliphatic hydroxyl groups is 1. The number of benzene rings is 3. The lowest BCUT2D eigenvalue weighted by Crippen LogP contribution is -2.15. The monoisotopic (exact) mass is 420 g/mol. The Morgan fingerprint density at radius 2 is 1.77 bits per heavy atom. The van der Waals surface area contributed by atoms with E-state index in [4.69, 9.17) is 14.2 Å². The fourth-order valence-electron chi connectivity index (χ4n) is 4.94. The molecule has 0 bridgehead atoms. The van der Waals surface area contributed by atoms with Crippen molar-refractivity contribution in [3.63, 3.8) is 0 Å². The number of aliphatic hydroxyl groups excluding tert-OH is 1. The fourth-order valence-corrected chi connectivity index (χ4v) is 4.94. The van der Waals surface area contributed by atoms with E-state index in [2.05, 4.69) is 0 Å². The van der Waals surface area contributed by atoms with Gasteiger partial charge in [0.25, 0.3) is 0 Å². The normalized spacial score (nSPS) is 18.5. The summed E-state index contributed by atoms with van der Waals surface area (Å²) >= 11 is 0. The van der Waals surface area contributed by atoms with Crippen LogP contribution in [-0.2, 0) is 12.8 Å². The SMILES string of the molecule is COc1cc(C2Oc3cc(OC)c4c(c3C2CO)CCc2cc(O)ccc2-4)ccc1O. The van der Waals surface area contributed by atoms with Crippen LogP contribution in [0.1, 0.15) is 34.3 Å². The van der Waals surface area contributed by atoms with Gasteiger partial charge in [-0.2, -0.15) is 0 Å². The van der Waals surface area contributed by atoms with Crippen molar-refractivity contribution in [2.75, 3.05) is 20.8 Å². The second kappa shape index (κ2) is 7.39. The van der Waals surface area contributed by atoms with E-state index in [0.717, 1.165) is 46.2 Å². The second-order valence-corrected chi connectivity index (χ2v) is 7.94. The van der Waals surface area contributed by atoms with Gasteiger partial charge in [-0.15, -0.1) is 0 Å². The predicted octanol–water partition coefficient (Wildman–Crippen LogP) is 4.09. The number of phenolic OH excluding ortho intramolecular Hbond substituents is 2. The summed E-state index contributed by atoms with van der Waals surface area (Å²) in [6, 6.07) is 12.4. The average Bonchev–Trinajstić information content (AvgIpc) is 3.16. The number of aryl methyl sites for hydroxylation is 1. The molecule has 1 aliphatic carbocycles. The highest BCUT2D eigenvalue weighted by Gasteiger charge is 2.40. The van der Waals surface area contributed by atoms with Crippen LogP contribution in [0.2, 0.25) is 0 Å². The van der Waals surface area contributed by atoms with Gasteiger partial charge in [0, 0.05) is 17.2 Å². The number of hydrogen-bond acceptors (Lipinski definition) is 6. The molecule has 0 spiro atoms. The smallest absolute Gasteiger partial charge is 0.160 e. The van der Waals surface area contributed by atoms with Crippen LogP contribution in [0.5, 0.6) is 28.7 Å². The molecular weight excluding hydrogens is 396 g/mol. The summed E-state index contributed by atoms with van der Waals surface area (Å²) in [5.41, 5.74) is 6.02. The van der Waals surface area contributed by atoms with Crippen molar-refractivity contribution in [1.82, 2.24) is 0 Å². The highest BCUT2D eigenvalue weighted by atomic mass is 16.5. The van der Waals surface area contributed by atoms with E-state index in [1.807, 2.05) is 12.1 Å². The molecule has 0 radical (unpaired) electrons. The van der Waals surface area contributed by atoms with E-state index in [1.54, 1.807) is 37.4 Å². The maximum atomic E-state index is 10.4. The summed E-state index contributed by atoms with van der Waals surface area (Å²) in [4.78, 5) is 0. The molecule has 2 atom stereocenters. The van der Waals surface area contributed by atoms with Crippen molar-refractivity contribution < 1.29 is 29.5 Å². The van der Waals surface area contributed by atoms with Gasteiger partial charge in [0.2, 0.25) is 0 Å². The van der Waals surface area contributed by atoms with Gasteiger partial charge >= 0.3 is 0 Å². The Labute approximate surface area is 180 Å². The summed E-state index contributed by atoms with van der Waals surface area (Å²) in [5.74, 6) is 1.82. The van der Waals surface area contributed by atoms with E-state index in [0.29, 0.717) is 17.2 Å². The summed E-state index contributed by atoms with van der Waals surface area (Å²) in [6.07, 6.45) is 1.13. The van der Waals surface area contributed by atoms with E-state index in [-0.39, 0.29) is 24.0 Å². The molecule has 0 saturated carbocycles. The molecule has 6 nitrogen and oxygen atoms in total. The molecular formula is C25H24O6. The van der Waals surface area contributed by atoms with Crippen LogP contribution in [0.15, 0.2) is 42.5 Å². The molecule has 0 aromatic heterocycles. The van der Waals surface area contributed by atoms with Crippen LogP contribution in [0, 0.1) is 0 Å². The first-order chi connectivity index (χ1) is 15.0. The molecule has 3 aromatic carbocycles. The Bertz CT molecular complexity index is 1170. The van der Waals surface area contributed by atoms with Gasteiger partial charge in [-0.1, -0.05) is 12.1 Å². The van der Waals surface area contributed by atoms with Crippen LogP contribution in [0.25, 0.3) is 11.1 Å². The average molecular weight is 420 g/mol. The Morgan fingerprint density at radius 1 is 0.968 bits per heavy atom. The quantitative estimate of drug-likeness (QED) is 0.589. The number of phenols is 2. The Morgan fingerprint density at radius 3 is 2.52 bits per heavy atom. The van der Waals surface area contributed by atoms with Gasteiger partial charge in [0.1, 0.15) is 23.4 Å². The third kappa shape index (κ3) is 2.98. The van der Waals surface area contributed by atoms with Crippen molar-refractivity contribution in [3.05, 3.63) is 64.7 Å². The molecule has 0 saturated heterocycles. The Hall–Kier alpha value is -3.38. The zero-order valence-corrected chi connectivity index (χ0v) is 17.4. The highest BCUT2D eigenvalue weighted by molar-refractivity contribution is 5.82. The van der Waals surface area contributed by atoms with Gasteiger partial charge < -0.3 is 29.5 Å². The lowest BCUT2D eigenvalue weighted by molar-refractivity contribution is 0.159. The molecule has 1 heterocycles. The maximum Gasteiger partial charge on any atom is 0.160 e. The van der Waals surface area contributed by atoms with Crippen molar-refractivity contribution in [1.29, 1.82) is 0 Å². The van der Waals surface area contributed by atoms with Gasteiger partial charge in [0.05, 0.1) is 26.7 Å². The topological polar surface area (TPSA) is 88.4 Å². The molecule has 6 heteroatoms. The summed E-state index contributed by atoms with van der Waals surface area (Å²) < 4.78 is 17.3. The summed E-state index contributed by atoms with van der Waals surface area (Å²) in [6.45, 7) is -0.0813. The lowest BCUT2D eigenvalue weighted by atomic mass is 9.78. The van der Waals surface area contributed by atoms with E-state index in [1.165, 1.54) is 7.11 Å². The maximum absolute atomic E-state index is 10.4. The van der Waals surface area contributed by atoms with Gasteiger partial charge in [0.15, 0.2) is 11.5 Å². The minimum Gasteiger partial charge on any atom is -0.508 e. The van der Waals surface area contributed by atoms with Crippen LogP contribution >= 0.6 is 0 Å². The van der Waals surface area contributed by atoms with Crippen molar-refractivity contribution in [3.8, 4) is 39.9 Å². The van der Waals surface area contributed by atoms with E-state index >= 15 is 0 Å². The molecule has 1 aliphatic heterocycles. The molecule has 2 unspecified atom stereocenters. The molecule has 0 amide bonds. The van der Waals surface area contributed by atoms with Gasteiger partial charge in [-0.25, -0.2) is 0 Å². The molecule has 31 heavy (non-hydrogen) atoms. The predicted molar refractivity (Wildman–Crippen MR) is 115 cm³/mol. The van der Waals surface area contributed by atoms with Crippen molar-refractivity contribution in [2.45, 2.75) is 24.9 Å². The fraction of sp³-hybridized carbons (Fsp3) is 0.280. The minimum absolute atomic E-state index is 0.0567. The van der Waals surface area contributed by atoms with Crippen LogP contribution in [0.3, 0.4) is 0 Å². The third-order valence-corrected chi connectivity index (χ3v) is 6.34. The minimum atomic E-state index is -0.410.